The highest BCUT2D eigenvalue weighted by molar-refractivity contribution is 14.1. The molecule has 1 aromatic carbocycles. The van der Waals surface area contributed by atoms with E-state index in [9.17, 15) is 9.59 Å². The zero-order valence-electron chi connectivity index (χ0n) is 18.2. The molecule has 5 nitrogen and oxygen atoms in total. The fourth-order valence-corrected chi connectivity index (χ4v) is 3.41. The van der Waals surface area contributed by atoms with Crippen LogP contribution in [0.15, 0.2) is 24.3 Å². The van der Waals surface area contributed by atoms with Gasteiger partial charge in [-0.1, -0.05) is 45.7 Å². The molecular weight excluding hydrogens is 477 g/mol. The topological polar surface area (TPSA) is 70.2 Å². The maximum Gasteiger partial charge on any atom is 0.242 e. The summed E-state index contributed by atoms with van der Waals surface area (Å²) in [6, 6.07) is 8.35. The number of amides is 2. The molecule has 1 atom stereocenters. The molecule has 0 radical (unpaired) electrons. The predicted octanol–water partition coefficient (Wildman–Crippen LogP) is 4.18. The Labute approximate surface area is 190 Å². The number of hydrogen-bond acceptors (Lipinski definition) is 3. The molecule has 164 valence electrons. The molecule has 29 heavy (non-hydrogen) atoms. The summed E-state index contributed by atoms with van der Waals surface area (Å²) in [5.41, 5.74) is 1.24. The summed E-state index contributed by atoms with van der Waals surface area (Å²) in [6.45, 7) is 7.87. The van der Waals surface area contributed by atoms with Crippen molar-refractivity contribution >= 4 is 34.4 Å². The van der Waals surface area contributed by atoms with E-state index in [1.54, 1.807) is 0 Å². The zero-order valence-corrected chi connectivity index (χ0v) is 20.4. The molecule has 0 aliphatic carbocycles. The monoisotopic (exact) mass is 515 g/mol. The Morgan fingerprint density at radius 3 is 2.38 bits per heavy atom. The lowest BCUT2D eigenvalue weighted by Crippen LogP contribution is -2.47. The molecule has 6 heteroatoms. The third-order valence-corrected chi connectivity index (χ3v) is 5.46. The maximum absolute atomic E-state index is 12.6. The van der Waals surface area contributed by atoms with Crippen molar-refractivity contribution in [2.24, 2.45) is 0 Å². The molecule has 0 aromatic heterocycles. The van der Waals surface area contributed by atoms with Crippen molar-refractivity contribution in [2.45, 2.75) is 84.2 Å². The quantitative estimate of drug-likeness (QED) is 0.243. The Hall–Kier alpha value is -1.15. The Kier molecular flexibility index (Phi) is 14.0. The predicted molar refractivity (Wildman–Crippen MR) is 129 cm³/mol. The summed E-state index contributed by atoms with van der Waals surface area (Å²) in [4.78, 5) is 25.0. The zero-order chi connectivity index (χ0) is 21.5. The van der Waals surface area contributed by atoms with Gasteiger partial charge in [-0.3, -0.25) is 9.59 Å². The van der Waals surface area contributed by atoms with Gasteiger partial charge in [0.15, 0.2) is 0 Å². The van der Waals surface area contributed by atoms with Crippen LogP contribution in [0.5, 0.6) is 0 Å². The number of halogens is 1. The number of hydrogen-bond donors (Lipinski definition) is 3. The first-order valence-corrected chi connectivity index (χ1v) is 12.0. The number of carbonyl (C=O) groups excluding carboxylic acids is 2. The molecule has 0 aliphatic heterocycles. The number of nitrogens with one attached hydrogen (secondary N) is 3. The third kappa shape index (κ3) is 12.9. The van der Waals surface area contributed by atoms with E-state index in [-0.39, 0.29) is 11.8 Å². The van der Waals surface area contributed by atoms with E-state index in [4.69, 9.17) is 0 Å². The van der Waals surface area contributed by atoms with E-state index >= 15 is 0 Å². The van der Waals surface area contributed by atoms with Gasteiger partial charge >= 0.3 is 0 Å². The number of aryl methyl sites for hydroxylation is 1. The van der Waals surface area contributed by atoms with E-state index < -0.39 is 6.04 Å². The first-order valence-electron chi connectivity index (χ1n) is 11.0. The Balaban J connectivity index is 2.44. The Morgan fingerprint density at radius 1 is 1.00 bits per heavy atom. The average molecular weight is 515 g/mol. The molecular formula is C23H38IN3O2. The molecule has 0 saturated heterocycles. The van der Waals surface area contributed by atoms with Crippen molar-refractivity contribution in [3.05, 3.63) is 33.4 Å². The molecule has 0 heterocycles. The summed E-state index contributed by atoms with van der Waals surface area (Å²) in [5, 5.41) is 9.31. The van der Waals surface area contributed by atoms with E-state index in [1.165, 1.54) is 9.13 Å². The van der Waals surface area contributed by atoms with Crippen LogP contribution in [-0.2, 0) is 16.0 Å². The van der Waals surface area contributed by atoms with Gasteiger partial charge in [-0.05, 0) is 78.9 Å². The first kappa shape index (κ1) is 25.9. The lowest BCUT2D eigenvalue weighted by atomic mass is 10.1. The van der Waals surface area contributed by atoms with Crippen LogP contribution in [0.2, 0.25) is 0 Å². The van der Waals surface area contributed by atoms with Gasteiger partial charge in [0, 0.05) is 22.6 Å². The van der Waals surface area contributed by atoms with E-state index in [0.29, 0.717) is 25.4 Å². The van der Waals surface area contributed by atoms with Gasteiger partial charge in [-0.2, -0.15) is 0 Å². The lowest BCUT2D eigenvalue weighted by molar-refractivity contribution is -0.129. The molecule has 0 aliphatic rings. The second-order valence-corrected chi connectivity index (χ2v) is 9.09. The van der Waals surface area contributed by atoms with Gasteiger partial charge in [-0.15, -0.1) is 0 Å². The molecule has 1 rings (SSSR count). The summed E-state index contributed by atoms with van der Waals surface area (Å²) < 4.78 is 1.21. The van der Waals surface area contributed by atoms with Crippen LogP contribution in [0.1, 0.15) is 71.3 Å². The molecule has 0 bridgehead atoms. The van der Waals surface area contributed by atoms with Crippen LogP contribution < -0.4 is 16.0 Å². The first-order chi connectivity index (χ1) is 13.9. The second kappa shape index (κ2) is 15.7. The summed E-state index contributed by atoms with van der Waals surface area (Å²) in [6.07, 6.45) is 6.81. The van der Waals surface area contributed by atoms with Crippen molar-refractivity contribution < 1.29 is 9.59 Å². The molecule has 1 aromatic rings. The van der Waals surface area contributed by atoms with Crippen molar-refractivity contribution in [2.75, 3.05) is 13.1 Å². The van der Waals surface area contributed by atoms with Crippen LogP contribution >= 0.6 is 22.6 Å². The minimum Gasteiger partial charge on any atom is -0.354 e. The molecule has 0 fully saturated rings. The Morgan fingerprint density at radius 2 is 1.72 bits per heavy atom. The normalized spacial score (nSPS) is 12.0. The Bertz CT molecular complexity index is 590. The van der Waals surface area contributed by atoms with Crippen molar-refractivity contribution in [1.29, 1.82) is 0 Å². The molecule has 0 unspecified atom stereocenters. The second-order valence-electron chi connectivity index (χ2n) is 7.85. The fourth-order valence-electron chi connectivity index (χ4n) is 3.05. The van der Waals surface area contributed by atoms with Gasteiger partial charge in [0.25, 0.3) is 0 Å². The minimum absolute atomic E-state index is 0.0407. The highest BCUT2D eigenvalue weighted by Crippen LogP contribution is 2.10. The molecule has 0 spiro atoms. The number of rotatable bonds is 15. The van der Waals surface area contributed by atoms with Crippen molar-refractivity contribution in [3.63, 3.8) is 0 Å². The highest BCUT2D eigenvalue weighted by atomic mass is 127. The highest BCUT2D eigenvalue weighted by Gasteiger charge is 2.19. The van der Waals surface area contributed by atoms with Crippen LogP contribution in [0.3, 0.4) is 0 Å². The summed E-state index contributed by atoms with van der Waals surface area (Å²) in [7, 11) is 0. The minimum atomic E-state index is -0.448. The van der Waals surface area contributed by atoms with Gasteiger partial charge < -0.3 is 16.0 Å². The summed E-state index contributed by atoms with van der Waals surface area (Å²) in [5.74, 6) is -0.0994. The number of carbonyl (C=O) groups is 2. The van der Waals surface area contributed by atoms with Crippen LogP contribution in [0, 0.1) is 3.57 Å². The standard InChI is InChI=1S/C23H38IN3O2/c1-4-5-6-16-26-23(29)21(10-8-17-25-18(2)3)27-22(28)11-7-9-19-12-14-20(24)15-13-19/h12-15,18,21,25H,4-11,16-17H2,1-3H3,(H,26,29)(H,27,28)/t21-/m1/s1. The SMILES string of the molecule is CCCCCNC(=O)[C@@H](CCCNC(C)C)NC(=O)CCCc1ccc(I)cc1. The van der Waals surface area contributed by atoms with Gasteiger partial charge in [0.05, 0.1) is 0 Å². The number of benzene rings is 1. The molecule has 0 saturated carbocycles. The summed E-state index contributed by atoms with van der Waals surface area (Å²) >= 11 is 2.29. The van der Waals surface area contributed by atoms with Crippen molar-refractivity contribution in [1.82, 2.24) is 16.0 Å². The average Bonchev–Trinajstić information content (AvgIpc) is 2.68. The third-order valence-electron chi connectivity index (χ3n) is 4.74. The smallest absolute Gasteiger partial charge is 0.242 e. The largest absolute Gasteiger partial charge is 0.354 e. The fraction of sp³-hybridized carbons (Fsp3) is 0.652. The lowest BCUT2D eigenvalue weighted by Gasteiger charge is -2.19. The number of unbranched alkanes of at least 4 members (excludes halogenated alkanes) is 2. The van der Waals surface area contributed by atoms with E-state index in [2.05, 4.69) is 83.6 Å². The molecule has 3 N–H and O–H groups in total. The van der Waals surface area contributed by atoms with Gasteiger partial charge in [-0.25, -0.2) is 0 Å². The van der Waals surface area contributed by atoms with Gasteiger partial charge in [0.1, 0.15) is 6.04 Å². The van der Waals surface area contributed by atoms with E-state index in [0.717, 1.165) is 45.1 Å². The maximum atomic E-state index is 12.6. The van der Waals surface area contributed by atoms with Crippen LogP contribution in [0.4, 0.5) is 0 Å². The van der Waals surface area contributed by atoms with Crippen LogP contribution in [-0.4, -0.2) is 37.0 Å². The van der Waals surface area contributed by atoms with Crippen LogP contribution in [0.25, 0.3) is 0 Å². The van der Waals surface area contributed by atoms with Crippen molar-refractivity contribution in [3.8, 4) is 0 Å². The van der Waals surface area contributed by atoms with E-state index in [1.807, 2.05) is 0 Å². The molecule has 2 amide bonds. The van der Waals surface area contributed by atoms with Gasteiger partial charge in [0.2, 0.25) is 11.8 Å².